The molecule has 654 valence electrons. The largest absolute Gasteiger partial charge is 0.494 e. The standard InChI is InChI=1S/C45H63N5O10.C45H61N5O10/c2*1-5-15-34(40(53)42(55)46-27-37(52)49-39(31-19-10-7-11-20-31)44(57)60-45(2,3)4)47-41(54)35-26-33-28-50(35)43(56)38(30-17-8-6-9-18-30)48-36(51)25-29-16-14-21-32(24-29)58-22-12-13-23-59-33/h7,10-11,14,16,19-21,24,30,33-35,38-40,53H,5-6,8-9,12-13,15,17-18,22-23,25-28H2,1-4H3,(H,46,55)(H,47,54)(H,48,51)(H,49,52);7,10-11,14,16,19-21,24,30,33-35,38-39H,5-6,8-9,12-13,15,17-18,22-23,25-28H2,1-4H3,(H,46,55)(H,47,54)(H,48,51)(H,49,52)/t33-,34?,35+,38+,39+,40?;33-,34?,35+,38+,39+/m11/s1. The van der Waals surface area contributed by atoms with Gasteiger partial charge in [0, 0.05) is 39.1 Å². The molecule has 120 heavy (non-hydrogen) atoms. The summed E-state index contributed by atoms with van der Waals surface area (Å²) in [6.45, 7) is 14.6. The van der Waals surface area contributed by atoms with Gasteiger partial charge in [0.2, 0.25) is 53.0 Å². The van der Waals surface area contributed by atoms with Gasteiger partial charge in [0.1, 0.15) is 46.9 Å². The van der Waals surface area contributed by atoms with Gasteiger partial charge in [-0.3, -0.25) is 52.7 Å². The Balaban J connectivity index is 0.000000273. The van der Waals surface area contributed by atoms with Crippen LogP contribution >= 0.6 is 0 Å². The van der Waals surface area contributed by atoms with E-state index in [2.05, 4.69) is 42.5 Å². The van der Waals surface area contributed by atoms with Gasteiger partial charge in [-0.2, -0.15) is 0 Å². The van der Waals surface area contributed by atoms with Gasteiger partial charge in [-0.15, -0.1) is 0 Å². The second kappa shape index (κ2) is 45.9. The quantitative estimate of drug-likeness (QED) is 0.0251. The molecule has 8 bridgehead atoms. The number of aliphatic hydroxyl groups excluding tert-OH is 1. The highest BCUT2D eigenvalue weighted by Crippen LogP contribution is 2.34. The Morgan fingerprint density at radius 2 is 0.917 bits per heavy atom. The van der Waals surface area contributed by atoms with Crippen LogP contribution in [0.15, 0.2) is 109 Å². The minimum atomic E-state index is -1.75. The minimum Gasteiger partial charge on any atom is -0.494 e. The second-order valence-corrected chi connectivity index (χ2v) is 34.0. The molecular weight excluding hydrogens is 1540 g/mol. The first-order chi connectivity index (χ1) is 57.4. The number of carbonyl (C=O) groups is 13. The van der Waals surface area contributed by atoms with Gasteiger partial charge in [0.25, 0.3) is 11.8 Å². The molecule has 0 spiro atoms. The van der Waals surface area contributed by atoms with Crippen molar-refractivity contribution in [3.05, 3.63) is 131 Å². The van der Waals surface area contributed by atoms with E-state index in [1.165, 1.54) is 9.80 Å². The van der Waals surface area contributed by atoms with Crippen LogP contribution in [0.1, 0.15) is 218 Å². The predicted octanol–water partition coefficient (Wildman–Crippen LogP) is 7.04. The molecule has 4 heterocycles. The predicted molar refractivity (Wildman–Crippen MR) is 444 cm³/mol. The molecule has 10 amide bonds. The van der Waals surface area contributed by atoms with E-state index < -0.39 is 144 Å². The Hall–Kier alpha value is -10.3. The average Bonchev–Trinajstić information content (AvgIpc) is 1.64. The Morgan fingerprint density at radius 3 is 1.34 bits per heavy atom. The number of rotatable bonds is 24. The lowest BCUT2D eigenvalue weighted by Crippen LogP contribution is -2.58. The Morgan fingerprint density at radius 1 is 0.500 bits per heavy atom. The van der Waals surface area contributed by atoms with Crippen molar-refractivity contribution in [1.82, 2.24) is 52.3 Å². The van der Waals surface area contributed by atoms with Crippen molar-refractivity contribution < 1.29 is 95.9 Å². The van der Waals surface area contributed by atoms with Crippen molar-refractivity contribution in [2.45, 2.75) is 274 Å². The Bertz CT molecular complexity index is 4120. The second-order valence-electron chi connectivity index (χ2n) is 34.0. The first-order valence-corrected chi connectivity index (χ1v) is 42.8. The summed E-state index contributed by atoms with van der Waals surface area (Å²) in [7, 11) is 0. The summed E-state index contributed by atoms with van der Waals surface area (Å²) < 4.78 is 35.3. The summed E-state index contributed by atoms with van der Waals surface area (Å²) in [5, 5.41) is 32.9. The highest BCUT2D eigenvalue weighted by atomic mass is 16.6. The Labute approximate surface area is 703 Å². The van der Waals surface area contributed by atoms with Crippen LogP contribution in [0.25, 0.3) is 0 Å². The highest BCUT2D eigenvalue weighted by Gasteiger charge is 2.48. The van der Waals surface area contributed by atoms with Crippen LogP contribution in [0.2, 0.25) is 0 Å². The molecule has 0 aromatic heterocycles. The number of nitrogens with zero attached hydrogens (tertiary/aromatic N) is 2. The molecule has 30 heteroatoms. The zero-order chi connectivity index (χ0) is 86.5. The van der Waals surface area contributed by atoms with E-state index in [0.717, 1.165) is 75.3 Å². The molecule has 11 atom stereocenters. The molecule has 4 aliphatic heterocycles. The van der Waals surface area contributed by atoms with Gasteiger partial charge in [-0.1, -0.05) is 150 Å². The van der Waals surface area contributed by atoms with Crippen LogP contribution < -0.4 is 52.0 Å². The molecular formula is C90H124N10O20. The van der Waals surface area contributed by atoms with Crippen molar-refractivity contribution in [2.75, 3.05) is 52.6 Å². The van der Waals surface area contributed by atoms with Gasteiger partial charge in [0.05, 0.1) is 63.4 Å². The summed E-state index contributed by atoms with van der Waals surface area (Å²) in [5.41, 5.74) is 0.823. The summed E-state index contributed by atoms with van der Waals surface area (Å²) in [5.74, 6) is -7.23. The van der Waals surface area contributed by atoms with Crippen LogP contribution in [0, 0.1) is 11.8 Å². The molecule has 4 fully saturated rings. The first-order valence-electron chi connectivity index (χ1n) is 42.8. The molecule has 4 aromatic carbocycles. The highest BCUT2D eigenvalue weighted by molar-refractivity contribution is 6.38. The fraction of sp³-hybridized carbons (Fsp3) is 0.589. The number of aliphatic hydroxyl groups is 1. The lowest BCUT2D eigenvalue weighted by atomic mass is 9.83. The molecule has 3 unspecified atom stereocenters. The first kappa shape index (κ1) is 93.5. The average molecular weight is 1670 g/mol. The molecule has 2 aliphatic carbocycles. The zero-order valence-corrected chi connectivity index (χ0v) is 70.7. The molecule has 9 N–H and O–H groups in total. The van der Waals surface area contributed by atoms with Crippen LogP contribution in [-0.4, -0.2) is 210 Å². The number of hydrogen-bond donors (Lipinski definition) is 9. The van der Waals surface area contributed by atoms with Crippen molar-refractivity contribution in [2.24, 2.45) is 11.8 Å². The third-order valence-corrected chi connectivity index (χ3v) is 22.0. The van der Waals surface area contributed by atoms with Gasteiger partial charge in [-0.05, 0) is 164 Å². The number of ether oxygens (including phenoxy) is 6. The monoisotopic (exact) mass is 1660 g/mol. The molecule has 10 rings (SSSR count). The maximum Gasteiger partial charge on any atom is 0.333 e. The van der Waals surface area contributed by atoms with Crippen LogP contribution in [0.5, 0.6) is 11.5 Å². The normalized spacial score (nSPS) is 21.9. The molecule has 6 aliphatic rings. The number of benzene rings is 4. The molecule has 2 saturated carbocycles. The van der Waals surface area contributed by atoms with E-state index in [1.54, 1.807) is 109 Å². The van der Waals surface area contributed by atoms with E-state index in [1.807, 2.05) is 55.5 Å². The van der Waals surface area contributed by atoms with E-state index in [-0.39, 0.29) is 87.1 Å². The van der Waals surface area contributed by atoms with Crippen molar-refractivity contribution >= 4 is 76.8 Å². The molecule has 4 aromatic rings. The number of Topliss-reactive ketones (excluding diaryl/α,β-unsaturated/α-hetero) is 1. The maximum absolute atomic E-state index is 14.6. The van der Waals surface area contributed by atoms with Crippen LogP contribution in [0.3, 0.4) is 0 Å². The van der Waals surface area contributed by atoms with Gasteiger partial charge < -0.3 is 85.9 Å². The summed E-state index contributed by atoms with van der Waals surface area (Å²) >= 11 is 0. The van der Waals surface area contributed by atoms with E-state index in [0.29, 0.717) is 87.6 Å². The van der Waals surface area contributed by atoms with Gasteiger partial charge >= 0.3 is 11.9 Å². The minimum absolute atomic E-state index is 0.0469. The molecule has 0 radical (unpaired) electrons. The number of nitrogens with one attached hydrogen (secondary N) is 8. The molecule has 2 saturated heterocycles. The summed E-state index contributed by atoms with van der Waals surface area (Å²) in [4.78, 5) is 180. The smallest absolute Gasteiger partial charge is 0.333 e. The third kappa shape index (κ3) is 29.0. The van der Waals surface area contributed by atoms with Gasteiger partial charge in [0.15, 0.2) is 18.2 Å². The summed E-state index contributed by atoms with van der Waals surface area (Å²) in [6, 6.07) is 23.4. The van der Waals surface area contributed by atoms with Crippen molar-refractivity contribution in [3.8, 4) is 11.5 Å². The van der Waals surface area contributed by atoms with Crippen LogP contribution in [-0.2, 0) is 94.1 Å². The maximum atomic E-state index is 14.6. The van der Waals surface area contributed by atoms with Gasteiger partial charge in [-0.25, -0.2) is 9.59 Å². The van der Waals surface area contributed by atoms with Crippen LogP contribution in [0.4, 0.5) is 0 Å². The fourth-order valence-electron chi connectivity index (χ4n) is 16.1. The lowest BCUT2D eigenvalue weighted by molar-refractivity contribution is -0.159. The van der Waals surface area contributed by atoms with E-state index in [9.17, 15) is 67.4 Å². The number of ketones is 1. The SMILES string of the molecule is CCCC(NC(=O)[C@@H]1C[C@@H]2CN1C(=O)[C@H](C1CCCCC1)NC(=O)Cc1cccc(c1)OCCCCO2)C(=O)C(=O)NCC(=O)N[C@H](C(=O)OC(C)(C)C)c1ccccc1.CCCC(NC(=O)[C@@H]1C[C@@H]2CN1C(=O)[C@H](C1CCCCC1)NC(=O)Cc1cccc(c1)OCCCCO2)C(O)C(=O)NCC(=O)N[C@H](C(=O)OC(C)(C)C)c1ccccc1. The van der Waals surface area contributed by atoms with Crippen molar-refractivity contribution in [3.63, 3.8) is 0 Å². The Kier molecular flexibility index (Phi) is 35.8. The number of amides is 10. The zero-order valence-electron chi connectivity index (χ0n) is 70.7. The number of hydrogen-bond acceptors (Lipinski definition) is 20. The third-order valence-electron chi connectivity index (χ3n) is 22.0. The van der Waals surface area contributed by atoms with E-state index in [4.69, 9.17) is 28.4 Å². The number of carbonyl (C=O) groups excluding carboxylic acids is 13. The molecule has 30 nitrogen and oxygen atoms in total. The van der Waals surface area contributed by atoms with E-state index >= 15 is 0 Å². The summed E-state index contributed by atoms with van der Waals surface area (Å²) in [6.07, 6.45) is 10.6. The lowest BCUT2D eigenvalue weighted by Gasteiger charge is -2.35. The number of fused-ring (bicyclic) bond motifs is 8. The van der Waals surface area contributed by atoms with Crippen molar-refractivity contribution in [1.29, 1.82) is 0 Å². The number of esters is 2. The topological polar surface area (TPSA) is 400 Å². The fourth-order valence-corrected chi connectivity index (χ4v) is 16.1.